The second-order valence-corrected chi connectivity index (χ2v) is 7.09. The Balaban J connectivity index is 1.78. The predicted octanol–water partition coefficient (Wildman–Crippen LogP) is 4.64. The maximum atomic E-state index is 12.8. The molecule has 0 unspecified atom stereocenters. The van der Waals surface area contributed by atoms with Gasteiger partial charge in [-0.2, -0.15) is 0 Å². The molecule has 1 saturated heterocycles. The Morgan fingerprint density at radius 2 is 2.08 bits per heavy atom. The molecule has 1 aliphatic heterocycles. The van der Waals surface area contributed by atoms with Crippen molar-refractivity contribution < 1.29 is 14.3 Å². The largest absolute Gasteiger partial charge is 0.497 e. The number of nitrogens with one attached hydrogen (secondary N) is 1. The number of hydrogen-bond donors (Lipinski definition) is 1. The second kappa shape index (κ2) is 7.89. The number of hydrogen-bond acceptors (Lipinski definition) is 4. The Morgan fingerprint density at radius 1 is 1.24 bits per heavy atom. The Labute approximate surface area is 156 Å². The lowest BCUT2D eigenvalue weighted by Crippen LogP contribution is -2.34. The van der Waals surface area contributed by atoms with Gasteiger partial charge in [-0.15, -0.1) is 11.8 Å². The number of methoxy groups -OCH3 is 2. The van der Waals surface area contributed by atoms with Gasteiger partial charge in [0.05, 0.1) is 19.9 Å². The Bertz CT molecular complexity index is 772. The van der Waals surface area contributed by atoms with Crippen LogP contribution in [0.5, 0.6) is 11.5 Å². The molecule has 3 rings (SSSR count). The molecule has 0 bridgehead atoms. The van der Waals surface area contributed by atoms with Gasteiger partial charge in [0.25, 0.3) is 0 Å². The van der Waals surface area contributed by atoms with E-state index in [0.29, 0.717) is 28.8 Å². The fourth-order valence-corrected chi connectivity index (χ4v) is 4.15. The molecule has 5 nitrogen and oxygen atoms in total. The highest BCUT2D eigenvalue weighted by atomic mass is 35.5. The molecule has 1 heterocycles. The third-order valence-electron chi connectivity index (χ3n) is 3.94. The van der Waals surface area contributed by atoms with Crippen molar-refractivity contribution in [2.75, 3.05) is 31.8 Å². The van der Waals surface area contributed by atoms with E-state index in [1.165, 1.54) is 0 Å². The topological polar surface area (TPSA) is 50.8 Å². The van der Waals surface area contributed by atoms with Crippen molar-refractivity contribution in [3.63, 3.8) is 0 Å². The number of ether oxygens (including phenoxy) is 2. The molecule has 2 amide bonds. The molecule has 7 heteroatoms. The molecule has 0 spiro atoms. The van der Waals surface area contributed by atoms with Crippen LogP contribution in [0.3, 0.4) is 0 Å². The number of amides is 2. The Morgan fingerprint density at radius 3 is 2.80 bits per heavy atom. The molecule has 132 valence electrons. The quantitative estimate of drug-likeness (QED) is 0.842. The standard InChI is InChI=1S/C18H19ClN2O3S/c1-23-14-6-7-15(16(11-14)24-2)20-18(22)21-8-9-25-17(21)12-4-3-5-13(19)10-12/h3-7,10-11,17H,8-9H2,1-2H3,(H,20,22)/t17-/m0/s1. The third-order valence-corrected chi connectivity index (χ3v) is 5.43. The molecule has 0 aliphatic carbocycles. The summed E-state index contributed by atoms with van der Waals surface area (Å²) < 4.78 is 10.5. The van der Waals surface area contributed by atoms with Crippen molar-refractivity contribution >= 4 is 35.1 Å². The van der Waals surface area contributed by atoms with E-state index in [1.807, 2.05) is 24.3 Å². The van der Waals surface area contributed by atoms with Crippen molar-refractivity contribution in [3.8, 4) is 11.5 Å². The number of anilines is 1. The number of rotatable bonds is 4. The lowest BCUT2D eigenvalue weighted by molar-refractivity contribution is 0.214. The molecule has 1 aliphatic rings. The number of nitrogens with zero attached hydrogens (tertiary/aromatic N) is 1. The van der Waals surface area contributed by atoms with Crippen LogP contribution in [0.1, 0.15) is 10.9 Å². The van der Waals surface area contributed by atoms with Crippen molar-refractivity contribution in [2.24, 2.45) is 0 Å². The summed E-state index contributed by atoms with van der Waals surface area (Å²) in [6.07, 6.45) is 0. The molecule has 1 atom stereocenters. The lowest BCUT2D eigenvalue weighted by Gasteiger charge is -2.25. The average Bonchev–Trinajstić information content (AvgIpc) is 3.12. The summed E-state index contributed by atoms with van der Waals surface area (Å²) in [5.41, 5.74) is 1.63. The van der Waals surface area contributed by atoms with Gasteiger partial charge in [-0.1, -0.05) is 23.7 Å². The lowest BCUT2D eigenvalue weighted by atomic mass is 10.2. The molecular formula is C18H19ClN2O3S. The van der Waals surface area contributed by atoms with Gasteiger partial charge in [-0.3, -0.25) is 0 Å². The van der Waals surface area contributed by atoms with E-state index < -0.39 is 0 Å². The van der Waals surface area contributed by atoms with Crippen molar-refractivity contribution in [1.82, 2.24) is 4.90 Å². The first-order chi connectivity index (χ1) is 12.1. The van der Waals surface area contributed by atoms with E-state index in [1.54, 1.807) is 49.1 Å². The summed E-state index contributed by atoms with van der Waals surface area (Å²) in [4.78, 5) is 14.6. The summed E-state index contributed by atoms with van der Waals surface area (Å²) in [7, 11) is 3.15. The van der Waals surface area contributed by atoms with Crippen LogP contribution in [-0.2, 0) is 0 Å². The van der Waals surface area contributed by atoms with Crippen molar-refractivity contribution in [1.29, 1.82) is 0 Å². The number of benzene rings is 2. The van der Waals surface area contributed by atoms with Crippen LogP contribution in [0.15, 0.2) is 42.5 Å². The highest BCUT2D eigenvalue weighted by molar-refractivity contribution is 7.99. The molecule has 2 aromatic carbocycles. The highest BCUT2D eigenvalue weighted by Crippen LogP contribution is 2.39. The molecular weight excluding hydrogens is 360 g/mol. The zero-order valence-electron chi connectivity index (χ0n) is 14.0. The molecule has 0 radical (unpaired) electrons. The zero-order chi connectivity index (χ0) is 17.8. The first-order valence-electron chi connectivity index (χ1n) is 7.79. The number of carbonyl (C=O) groups is 1. The number of carbonyl (C=O) groups excluding carboxylic acids is 1. The van der Waals surface area contributed by atoms with Crippen LogP contribution < -0.4 is 14.8 Å². The third kappa shape index (κ3) is 3.96. The van der Waals surface area contributed by atoms with Gasteiger partial charge < -0.3 is 19.7 Å². The number of thioether (sulfide) groups is 1. The Kier molecular flexibility index (Phi) is 5.60. The van der Waals surface area contributed by atoms with Crippen LogP contribution in [0.2, 0.25) is 5.02 Å². The second-order valence-electron chi connectivity index (χ2n) is 5.47. The summed E-state index contributed by atoms with van der Waals surface area (Å²) in [6, 6.07) is 12.7. The number of urea groups is 1. The first-order valence-corrected chi connectivity index (χ1v) is 9.22. The van der Waals surface area contributed by atoms with Gasteiger partial charge in [0, 0.05) is 23.4 Å². The summed E-state index contributed by atoms with van der Waals surface area (Å²) in [6.45, 7) is 0.673. The minimum atomic E-state index is -0.168. The SMILES string of the molecule is COc1ccc(NC(=O)N2CCS[C@H]2c2cccc(Cl)c2)c(OC)c1. The van der Waals surface area contributed by atoms with E-state index in [-0.39, 0.29) is 11.4 Å². The summed E-state index contributed by atoms with van der Waals surface area (Å²) in [5, 5.41) is 3.55. The van der Waals surface area contributed by atoms with Gasteiger partial charge in [0.15, 0.2) is 0 Å². The molecule has 1 fully saturated rings. The maximum Gasteiger partial charge on any atom is 0.323 e. The fraction of sp³-hybridized carbons (Fsp3) is 0.278. The molecule has 25 heavy (non-hydrogen) atoms. The first kappa shape index (κ1) is 17.8. The molecule has 2 aromatic rings. The molecule has 0 aromatic heterocycles. The minimum absolute atomic E-state index is 0.0528. The van der Waals surface area contributed by atoms with E-state index in [0.717, 1.165) is 11.3 Å². The normalized spacial score (nSPS) is 16.6. The monoisotopic (exact) mass is 378 g/mol. The van der Waals surface area contributed by atoms with Crippen LogP contribution in [0.4, 0.5) is 10.5 Å². The highest BCUT2D eigenvalue weighted by Gasteiger charge is 2.31. The fourth-order valence-electron chi connectivity index (χ4n) is 2.70. The summed E-state index contributed by atoms with van der Waals surface area (Å²) in [5.74, 6) is 2.10. The van der Waals surface area contributed by atoms with Gasteiger partial charge in [-0.05, 0) is 29.8 Å². The van der Waals surface area contributed by atoms with Gasteiger partial charge in [0.1, 0.15) is 16.9 Å². The minimum Gasteiger partial charge on any atom is -0.497 e. The average molecular weight is 379 g/mol. The smallest absolute Gasteiger partial charge is 0.323 e. The maximum absolute atomic E-state index is 12.8. The van der Waals surface area contributed by atoms with Gasteiger partial charge >= 0.3 is 6.03 Å². The molecule has 1 N–H and O–H groups in total. The van der Waals surface area contributed by atoms with Crippen molar-refractivity contribution in [3.05, 3.63) is 53.1 Å². The Hall–Kier alpha value is -2.05. The summed E-state index contributed by atoms with van der Waals surface area (Å²) >= 11 is 7.81. The van der Waals surface area contributed by atoms with E-state index in [2.05, 4.69) is 5.32 Å². The van der Waals surface area contributed by atoms with E-state index in [9.17, 15) is 4.79 Å². The van der Waals surface area contributed by atoms with Crippen LogP contribution in [-0.4, -0.2) is 37.4 Å². The van der Waals surface area contributed by atoms with Gasteiger partial charge in [-0.25, -0.2) is 4.79 Å². The van der Waals surface area contributed by atoms with Crippen LogP contribution >= 0.6 is 23.4 Å². The van der Waals surface area contributed by atoms with Gasteiger partial charge in [0.2, 0.25) is 0 Å². The number of halogens is 1. The molecule has 0 saturated carbocycles. The van der Waals surface area contributed by atoms with E-state index >= 15 is 0 Å². The van der Waals surface area contributed by atoms with E-state index in [4.69, 9.17) is 21.1 Å². The zero-order valence-corrected chi connectivity index (χ0v) is 15.6. The predicted molar refractivity (Wildman–Crippen MR) is 102 cm³/mol. The van der Waals surface area contributed by atoms with Crippen molar-refractivity contribution in [2.45, 2.75) is 5.37 Å². The van der Waals surface area contributed by atoms with Crippen LogP contribution in [0, 0.1) is 0 Å². The van der Waals surface area contributed by atoms with Crippen LogP contribution in [0.25, 0.3) is 0 Å².